The van der Waals surface area contributed by atoms with E-state index in [1.165, 1.54) is 15.4 Å². The van der Waals surface area contributed by atoms with Crippen molar-refractivity contribution in [2.24, 2.45) is 0 Å². The van der Waals surface area contributed by atoms with Crippen LogP contribution in [0.5, 0.6) is 0 Å². The third-order valence-electron chi connectivity index (χ3n) is 5.70. The number of carbonyl (C=O) groups excluding carboxylic acids is 3. The number of nitrogens with one attached hydrogen (secondary N) is 2. The van der Waals surface area contributed by atoms with Gasteiger partial charge in [-0.2, -0.15) is 0 Å². The highest BCUT2D eigenvalue weighted by Crippen LogP contribution is 2.33. The predicted molar refractivity (Wildman–Crippen MR) is 133 cm³/mol. The lowest BCUT2D eigenvalue weighted by atomic mass is 10.1. The van der Waals surface area contributed by atoms with Gasteiger partial charge >= 0.3 is 6.03 Å². The zero-order valence-corrected chi connectivity index (χ0v) is 18.9. The summed E-state index contributed by atoms with van der Waals surface area (Å²) >= 11 is 0. The number of para-hydroxylation sites is 2. The zero-order chi connectivity index (χ0) is 23.8. The number of anilines is 2. The van der Waals surface area contributed by atoms with Crippen molar-refractivity contribution in [2.75, 3.05) is 29.4 Å². The van der Waals surface area contributed by atoms with Crippen LogP contribution in [0.3, 0.4) is 0 Å². The van der Waals surface area contributed by atoms with E-state index < -0.39 is 0 Å². The quantitative estimate of drug-likeness (QED) is 0.509. The van der Waals surface area contributed by atoms with E-state index in [1.54, 1.807) is 18.2 Å². The number of aryl methyl sites for hydroxylation is 1. The van der Waals surface area contributed by atoms with Gasteiger partial charge in [0.1, 0.15) is 13.1 Å². The molecule has 0 saturated heterocycles. The highest BCUT2D eigenvalue weighted by molar-refractivity contribution is 6.12. The molecule has 3 aromatic carbocycles. The Labute approximate surface area is 199 Å². The van der Waals surface area contributed by atoms with Gasteiger partial charge in [-0.05, 0) is 36.1 Å². The van der Waals surface area contributed by atoms with Gasteiger partial charge in [0.2, 0.25) is 11.8 Å². The molecule has 0 bridgehead atoms. The van der Waals surface area contributed by atoms with E-state index >= 15 is 0 Å². The Morgan fingerprint density at radius 1 is 0.765 bits per heavy atom. The number of amides is 4. The molecule has 0 saturated carbocycles. The minimum Gasteiger partial charge on any atom is -0.355 e. The van der Waals surface area contributed by atoms with Crippen LogP contribution in [0.4, 0.5) is 16.2 Å². The fourth-order valence-electron chi connectivity index (χ4n) is 3.95. The molecule has 0 unspecified atom stereocenters. The molecule has 3 aromatic rings. The molecule has 1 aliphatic heterocycles. The van der Waals surface area contributed by atoms with Crippen molar-refractivity contribution in [3.8, 4) is 0 Å². The average molecular weight is 457 g/mol. The van der Waals surface area contributed by atoms with Crippen LogP contribution >= 0.6 is 0 Å². The highest BCUT2D eigenvalue weighted by Gasteiger charge is 2.33. The molecule has 0 aromatic heterocycles. The SMILES string of the molecule is O=C(CN1C(=O)CN(C(=O)NCc2ccccc2)c2ccccc21)NCCCc1ccccc1. The van der Waals surface area contributed by atoms with Gasteiger partial charge in [-0.15, -0.1) is 0 Å². The van der Waals surface area contributed by atoms with Crippen molar-refractivity contribution in [2.45, 2.75) is 19.4 Å². The van der Waals surface area contributed by atoms with Crippen molar-refractivity contribution >= 4 is 29.2 Å². The Hall–Kier alpha value is -4.13. The maximum Gasteiger partial charge on any atom is 0.322 e. The van der Waals surface area contributed by atoms with Crippen molar-refractivity contribution in [3.63, 3.8) is 0 Å². The first-order valence-corrected chi connectivity index (χ1v) is 11.4. The molecule has 1 aliphatic rings. The fraction of sp³-hybridized carbons (Fsp3) is 0.222. The van der Waals surface area contributed by atoms with Gasteiger partial charge in [-0.25, -0.2) is 4.79 Å². The maximum atomic E-state index is 12.9. The van der Waals surface area contributed by atoms with E-state index in [-0.39, 0.29) is 30.9 Å². The number of rotatable bonds is 8. The second kappa shape index (κ2) is 11.1. The van der Waals surface area contributed by atoms with E-state index in [0.717, 1.165) is 18.4 Å². The fourth-order valence-corrected chi connectivity index (χ4v) is 3.95. The Bertz CT molecular complexity index is 1130. The van der Waals surface area contributed by atoms with Gasteiger partial charge in [0, 0.05) is 13.1 Å². The van der Waals surface area contributed by atoms with Crippen LogP contribution in [-0.2, 0) is 22.6 Å². The molecule has 4 rings (SSSR count). The summed E-state index contributed by atoms with van der Waals surface area (Å²) in [7, 11) is 0. The molecular weight excluding hydrogens is 428 g/mol. The number of benzene rings is 3. The molecule has 0 radical (unpaired) electrons. The van der Waals surface area contributed by atoms with E-state index in [0.29, 0.717) is 24.5 Å². The molecule has 4 amide bonds. The second-order valence-corrected chi connectivity index (χ2v) is 8.14. The lowest BCUT2D eigenvalue weighted by Gasteiger charge is -2.35. The minimum atomic E-state index is -0.352. The average Bonchev–Trinajstić information content (AvgIpc) is 2.88. The van der Waals surface area contributed by atoms with Gasteiger partial charge in [0.25, 0.3) is 0 Å². The van der Waals surface area contributed by atoms with Crippen LogP contribution in [0.1, 0.15) is 17.5 Å². The third kappa shape index (κ3) is 5.81. The van der Waals surface area contributed by atoms with Crippen molar-refractivity contribution in [1.29, 1.82) is 0 Å². The van der Waals surface area contributed by atoms with Crippen LogP contribution in [0.2, 0.25) is 0 Å². The summed E-state index contributed by atoms with van der Waals surface area (Å²) in [5.41, 5.74) is 3.35. The molecule has 0 spiro atoms. The summed E-state index contributed by atoms with van der Waals surface area (Å²) in [4.78, 5) is 41.2. The Morgan fingerprint density at radius 3 is 2.09 bits per heavy atom. The van der Waals surface area contributed by atoms with Crippen LogP contribution in [0.25, 0.3) is 0 Å². The minimum absolute atomic E-state index is 0.0827. The van der Waals surface area contributed by atoms with Crippen LogP contribution < -0.4 is 20.4 Å². The number of hydrogen-bond donors (Lipinski definition) is 2. The normalized spacial score (nSPS) is 12.8. The monoisotopic (exact) mass is 456 g/mol. The van der Waals surface area contributed by atoms with Gasteiger partial charge in [-0.3, -0.25) is 19.4 Å². The molecule has 0 fully saturated rings. The molecule has 1 heterocycles. The van der Waals surface area contributed by atoms with Crippen LogP contribution in [0.15, 0.2) is 84.9 Å². The van der Waals surface area contributed by atoms with Crippen molar-refractivity contribution in [1.82, 2.24) is 10.6 Å². The summed E-state index contributed by atoms with van der Waals surface area (Å²) in [5.74, 6) is -0.522. The Morgan fingerprint density at radius 2 is 1.38 bits per heavy atom. The molecule has 0 aliphatic carbocycles. The van der Waals surface area contributed by atoms with Gasteiger partial charge in [0.15, 0.2) is 0 Å². The lowest BCUT2D eigenvalue weighted by molar-refractivity contribution is -0.123. The molecular formula is C27H28N4O3. The molecule has 174 valence electrons. The number of carbonyl (C=O) groups is 3. The summed E-state index contributed by atoms with van der Waals surface area (Å²) in [6.45, 7) is 0.687. The smallest absolute Gasteiger partial charge is 0.322 e. The van der Waals surface area contributed by atoms with Crippen LogP contribution in [-0.4, -0.2) is 37.5 Å². The Balaban J connectivity index is 1.35. The summed E-state index contributed by atoms with van der Waals surface area (Å²) in [6.07, 6.45) is 1.69. The topological polar surface area (TPSA) is 81.8 Å². The first-order valence-electron chi connectivity index (χ1n) is 11.4. The maximum absolute atomic E-state index is 12.9. The van der Waals surface area contributed by atoms with Crippen molar-refractivity contribution < 1.29 is 14.4 Å². The molecule has 7 nitrogen and oxygen atoms in total. The number of nitrogens with zero attached hydrogens (tertiary/aromatic N) is 2. The molecule has 34 heavy (non-hydrogen) atoms. The summed E-state index contributed by atoms with van der Waals surface area (Å²) in [6, 6.07) is 26.5. The third-order valence-corrected chi connectivity index (χ3v) is 5.70. The van der Waals surface area contributed by atoms with E-state index in [1.807, 2.05) is 54.6 Å². The van der Waals surface area contributed by atoms with E-state index in [4.69, 9.17) is 0 Å². The highest BCUT2D eigenvalue weighted by atomic mass is 16.2. The van der Waals surface area contributed by atoms with Gasteiger partial charge in [0.05, 0.1) is 11.4 Å². The van der Waals surface area contributed by atoms with E-state index in [9.17, 15) is 14.4 Å². The number of urea groups is 1. The number of fused-ring (bicyclic) bond motifs is 1. The van der Waals surface area contributed by atoms with Gasteiger partial charge in [-0.1, -0.05) is 72.8 Å². The van der Waals surface area contributed by atoms with Gasteiger partial charge < -0.3 is 10.6 Å². The Kier molecular flexibility index (Phi) is 7.55. The summed E-state index contributed by atoms with van der Waals surface area (Å²) in [5, 5.41) is 5.77. The number of hydrogen-bond acceptors (Lipinski definition) is 3. The predicted octanol–water partition coefficient (Wildman–Crippen LogP) is 3.50. The zero-order valence-electron chi connectivity index (χ0n) is 18.9. The van der Waals surface area contributed by atoms with E-state index in [2.05, 4.69) is 22.8 Å². The summed E-state index contributed by atoms with van der Waals surface area (Å²) < 4.78 is 0. The largest absolute Gasteiger partial charge is 0.355 e. The second-order valence-electron chi connectivity index (χ2n) is 8.14. The van der Waals surface area contributed by atoms with Crippen molar-refractivity contribution in [3.05, 3.63) is 96.1 Å². The molecule has 2 N–H and O–H groups in total. The first kappa shape index (κ1) is 23.0. The standard InChI is InChI=1S/C27H28N4O3/c32-25(28-17-9-14-21-10-3-1-4-11-21)19-30-23-15-7-8-16-24(23)31(20-26(30)33)27(34)29-18-22-12-5-2-6-13-22/h1-8,10-13,15-16H,9,14,17-20H2,(H,28,32)(H,29,34). The lowest BCUT2D eigenvalue weighted by Crippen LogP contribution is -2.53. The molecule has 0 atom stereocenters. The van der Waals surface area contributed by atoms with Crippen LogP contribution in [0, 0.1) is 0 Å². The molecule has 7 heteroatoms. The first-order chi connectivity index (χ1) is 16.6.